The minimum atomic E-state index is -0.631. The Morgan fingerprint density at radius 2 is 1.93 bits per heavy atom. The van der Waals surface area contributed by atoms with Crippen molar-refractivity contribution in [1.82, 2.24) is 0 Å². The van der Waals surface area contributed by atoms with Gasteiger partial charge in [-0.05, 0) is 43.3 Å². The average Bonchev–Trinajstić information content (AvgIpc) is 3.34. The van der Waals surface area contributed by atoms with Crippen LogP contribution in [-0.2, 0) is 9.53 Å². The van der Waals surface area contributed by atoms with Gasteiger partial charge in [-0.15, -0.1) is 0 Å². The molecule has 0 unspecified atom stereocenters. The van der Waals surface area contributed by atoms with Gasteiger partial charge in [-0.25, -0.2) is 14.6 Å². The van der Waals surface area contributed by atoms with E-state index in [0.29, 0.717) is 11.1 Å². The minimum absolute atomic E-state index is 0.0856. The summed E-state index contributed by atoms with van der Waals surface area (Å²) in [4.78, 5) is 28.7. The second kappa shape index (κ2) is 7.36. The van der Waals surface area contributed by atoms with Crippen LogP contribution in [0.25, 0.3) is 6.08 Å². The molecule has 0 fully saturated rings. The molecule has 2 aromatic carbocycles. The molecular formula is C22H15NO5. The molecule has 28 heavy (non-hydrogen) atoms. The summed E-state index contributed by atoms with van der Waals surface area (Å²) in [6, 6.07) is 17.5. The molecule has 3 aromatic rings. The van der Waals surface area contributed by atoms with Gasteiger partial charge in [-0.1, -0.05) is 35.9 Å². The van der Waals surface area contributed by atoms with Crippen molar-refractivity contribution < 1.29 is 23.5 Å². The summed E-state index contributed by atoms with van der Waals surface area (Å²) in [5.74, 6) is -0.589. The normalized spacial score (nSPS) is 14.7. The van der Waals surface area contributed by atoms with Crippen LogP contribution < -0.4 is 4.74 Å². The third kappa shape index (κ3) is 3.61. The fourth-order valence-electron chi connectivity index (χ4n) is 2.70. The summed E-state index contributed by atoms with van der Waals surface area (Å²) in [5.41, 5.74) is 2.39. The Bertz CT molecular complexity index is 1110. The first kappa shape index (κ1) is 17.5. The average molecular weight is 373 g/mol. The zero-order chi connectivity index (χ0) is 19.5. The summed E-state index contributed by atoms with van der Waals surface area (Å²) in [7, 11) is 0. The molecule has 1 aliphatic rings. The maximum Gasteiger partial charge on any atom is 0.379 e. The Labute approximate surface area is 160 Å². The lowest BCUT2D eigenvalue weighted by Gasteiger charge is -2.06. The molecule has 0 saturated heterocycles. The molecule has 6 nitrogen and oxygen atoms in total. The molecule has 0 aliphatic carbocycles. The monoisotopic (exact) mass is 373 g/mol. The van der Waals surface area contributed by atoms with Crippen molar-refractivity contribution in [3.05, 3.63) is 95.1 Å². The number of aryl methyl sites for hydroxylation is 1. The Balaban J connectivity index is 1.64. The van der Waals surface area contributed by atoms with E-state index in [4.69, 9.17) is 13.9 Å². The maximum absolute atomic E-state index is 12.2. The van der Waals surface area contributed by atoms with Crippen molar-refractivity contribution in [2.24, 2.45) is 4.99 Å². The molecule has 0 saturated carbocycles. The van der Waals surface area contributed by atoms with Gasteiger partial charge in [0.25, 0.3) is 0 Å². The summed E-state index contributed by atoms with van der Waals surface area (Å²) >= 11 is 0. The van der Waals surface area contributed by atoms with Crippen molar-refractivity contribution in [3.63, 3.8) is 0 Å². The minimum Gasteiger partial charge on any atom is -0.457 e. The van der Waals surface area contributed by atoms with Crippen LogP contribution in [0, 0.1) is 6.92 Å². The second-order valence-electron chi connectivity index (χ2n) is 6.11. The molecule has 4 rings (SSSR count). The molecule has 0 atom stereocenters. The van der Waals surface area contributed by atoms with E-state index >= 15 is 0 Å². The van der Waals surface area contributed by atoms with E-state index in [0.717, 1.165) is 5.56 Å². The number of aliphatic imine (C=N–C) groups is 1. The molecule has 2 heterocycles. The number of hydrogen-bond acceptors (Lipinski definition) is 6. The molecule has 0 radical (unpaired) electrons. The molecule has 0 N–H and O–H groups in total. The van der Waals surface area contributed by atoms with Crippen molar-refractivity contribution in [1.29, 1.82) is 0 Å². The fraction of sp³-hybridized carbons (Fsp3) is 0.0455. The lowest BCUT2D eigenvalue weighted by Crippen LogP contribution is -2.08. The SMILES string of the molecule is Cc1cccc(C2=NC(=Cc3ccccc3OC(=O)c3ccco3)C(=O)O2)c1. The van der Waals surface area contributed by atoms with Crippen LogP contribution in [0.1, 0.15) is 27.2 Å². The van der Waals surface area contributed by atoms with Gasteiger partial charge < -0.3 is 13.9 Å². The van der Waals surface area contributed by atoms with Crippen LogP contribution in [0.15, 0.2) is 82.0 Å². The predicted molar refractivity (Wildman–Crippen MR) is 102 cm³/mol. The number of ether oxygens (including phenoxy) is 2. The summed E-state index contributed by atoms with van der Waals surface area (Å²) in [6.07, 6.45) is 2.91. The first-order chi connectivity index (χ1) is 13.6. The molecule has 0 bridgehead atoms. The second-order valence-corrected chi connectivity index (χ2v) is 6.11. The largest absolute Gasteiger partial charge is 0.457 e. The molecule has 1 aromatic heterocycles. The number of esters is 2. The molecular weight excluding hydrogens is 358 g/mol. The third-order valence-corrected chi connectivity index (χ3v) is 4.02. The topological polar surface area (TPSA) is 78.1 Å². The van der Waals surface area contributed by atoms with E-state index in [9.17, 15) is 9.59 Å². The van der Waals surface area contributed by atoms with Crippen molar-refractivity contribution in [2.45, 2.75) is 6.92 Å². The Hall–Kier alpha value is -3.93. The van der Waals surface area contributed by atoms with Crippen LogP contribution in [0.4, 0.5) is 0 Å². The Morgan fingerprint density at radius 1 is 1.07 bits per heavy atom. The van der Waals surface area contributed by atoms with Crippen LogP contribution >= 0.6 is 0 Å². The van der Waals surface area contributed by atoms with Crippen LogP contribution in [0.5, 0.6) is 5.75 Å². The predicted octanol–water partition coefficient (Wildman–Crippen LogP) is 4.15. The fourth-order valence-corrected chi connectivity index (χ4v) is 2.70. The quantitative estimate of drug-likeness (QED) is 0.390. The van der Waals surface area contributed by atoms with Gasteiger partial charge in [0.1, 0.15) is 5.75 Å². The van der Waals surface area contributed by atoms with Crippen molar-refractivity contribution >= 4 is 23.9 Å². The first-order valence-electron chi connectivity index (χ1n) is 8.54. The number of furan rings is 1. The standard InChI is InChI=1S/C22H15NO5/c1-14-6-4-8-16(12-14)20-23-17(21(24)28-20)13-15-7-2-3-9-18(15)27-22(25)19-10-5-11-26-19/h2-13H,1H3. The van der Waals surface area contributed by atoms with Gasteiger partial charge in [0.05, 0.1) is 6.26 Å². The number of nitrogens with zero attached hydrogens (tertiary/aromatic N) is 1. The highest BCUT2D eigenvalue weighted by atomic mass is 16.6. The molecule has 0 amide bonds. The lowest BCUT2D eigenvalue weighted by atomic mass is 10.1. The number of para-hydroxylation sites is 1. The van der Waals surface area contributed by atoms with Crippen LogP contribution in [0.3, 0.4) is 0 Å². The van der Waals surface area contributed by atoms with Gasteiger partial charge in [0.15, 0.2) is 5.70 Å². The van der Waals surface area contributed by atoms with Crippen LogP contribution in [-0.4, -0.2) is 17.8 Å². The van der Waals surface area contributed by atoms with Crippen LogP contribution in [0.2, 0.25) is 0 Å². The van der Waals surface area contributed by atoms with Gasteiger partial charge in [-0.2, -0.15) is 0 Å². The Morgan fingerprint density at radius 3 is 2.71 bits per heavy atom. The van der Waals surface area contributed by atoms with Gasteiger partial charge in [0, 0.05) is 11.1 Å². The van der Waals surface area contributed by atoms with E-state index in [-0.39, 0.29) is 23.1 Å². The number of benzene rings is 2. The number of carbonyl (C=O) groups excluding carboxylic acids is 2. The Kier molecular flexibility index (Phi) is 4.60. The lowest BCUT2D eigenvalue weighted by molar-refractivity contribution is -0.129. The number of hydrogen-bond donors (Lipinski definition) is 0. The number of carbonyl (C=O) groups is 2. The summed E-state index contributed by atoms with van der Waals surface area (Å²) < 4.78 is 15.7. The van der Waals surface area contributed by atoms with E-state index in [1.54, 1.807) is 30.3 Å². The highest BCUT2D eigenvalue weighted by Gasteiger charge is 2.25. The molecule has 1 aliphatic heterocycles. The summed E-state index contributed by atoms with van der Waals surface area (Å²) in [5, 5.41) is 0. The van der Waals surface area contributed by atoms with Crippen molar-refractivity contribution in [3.8, 4) is 5.75 Å². The smallest absolute Gasteiger partial charge is 0.379 e. The zero-order valence-electron chi connectivity index (χ0n) is 14.9. The van der Waals surface area contributed by atoms with Gasteiger partial charge in [0.2, 0.25) is 11.7 Å². The van der Waals surface area contributed by atoms with Crippen molar-refractivity contribution in [2.75, 3.05) is 0 Å². The van der Waals surface area contributed by atoms with E-state index in [1.807, 2.05) is 31.2 Å². The first-order valence-corrected chi connectivity index (χ1v) is 8.54. The third-order valence-electron chi connectivity index (χ3n) is 4.02. The zero-order valence-corrected chi connectivity index (χ0v) is 14.9. The highest BCUT2D eigenvalue weighted by Crippen LogP contribution is 2.25. The van der Waals surface area contributed by atoms with E-state index < -0.39 is 11.9 Å². The molecule has 6 heteroatoms. The highest BCUT2D eigenvalue weighted by molar-refractivity contribution is 6.13. The van der Waals surface area contributed by atoms with Gasteiger partial charge in [-0.3, -0.25) is 0 Å². The maximum atomic E-state index is 12.2. The number of cyclic esters (lactones) is 1. The van der Waals surface area contributed by atoms with E-state index in [1.165, 1.54) is 18.4 Å². The van der Waals surface area contributed by atoms with Gasteiger partial charge >= 0.3 is 11.9 Å². The molecule has 0 spiro atoms. The number of rotatable bonds is 4. The van der Waals surface area contributed by atoms with E-state index in [2.05, 4.69) is 4.99 Å². The molecule has 138 valence electrons. The summed E-state index contributed by atoms with van der Waals surface area (Å²) in [6.45, 7) is 1.95.